The summed E-state index contributed by atoms with van der Waals surface area (Å²) in [6.07, 6.45) is 5.58. The van der Waals surface area contributed by atoms with Crippen molar-refractivity contribution in [1.82, 2.24) is 10.6 Å². The Kier molecular flexibility index (Phi) is 8.62. The van der Waals surface area contributed by atoms with Gasteiger partial charge in [0.2, 0.25) is 0 Å². The number of rotatable bonds is 8. The summed E-state index contributed by atoms with van der Waals surface area (Å²) in [6, 6.07) is -0.143. The van der Waals surface area contributed by atoms with Crippen LogP contribution in [0.5, 0.6) is 0 Å². The van der Waals surface area contributed by atoms with Gasteiger partial charge in [0.25, 0.3) is 0 Å². The van der Waals surface area contributed by atoms with E-state index in [1.807, 2.05) is 13.8 Å². The van der Waals surface area contributed by atoms with Crippen molar-refractivity contribution in [2.24, 2.45) is 0 Å². The summed E-state index contributed by atoms with van der Waals surface area (Å²) >= 11 is 0. The minimum absolute atomic E-state index is 0.0714. The lowest BCUT2D eigenvalue weighted by atomic mass is 10.2. The van der Waals surface area contributed by atoms with Gasteiger partial charge in [-0.05, 0) is 32.1 Å². The molecule has 6 nitrogen and oxygen atoms in total. The average molecular weight is 300 g/mol. The van der Waals surface area contributed by atoms with Gasteiger partial charge in [0, 0.05) is 0 Å². The molecule has 0 heterocycles. The first kappa shape index (κ1) is 17.6. The molecule has 2 N–H and O–H groups in total. The molecule has 0 spiro atoms. The Labute approximate surface area is 126 Å². The summed E-state index contributed by atoms with van der Waals surface area (Å²) in [6.45, 7) is 4.96. The molecule has 1 saturated carbocycles. The van der Waals surface area contributed by atoms with Crippen molar-refractivity contribution in [2.75, 3.05) is 13.2 Å². The van der Waals surface area contributed by atoms with Crippen molar-refractivity contribution in [1.29, 1.82) is 0 Å². The van der Waals surface area contributed by atoms with Crippen molar-refractivity contribution >= 4 is 12.2 Å². The van der Waals surface area contributed by atoms with Gasteiger partial charge in [-0.3, -0.25) is 0 Å². The molecule has 1 fully saturated rings. The number of carbonyl (C=O) groups excluding carboxylic acids is 2. The van der Waals surface area contributed by atoms with Crippen LogP contribution in [0, 0.1) is 0 Å². The van der Waals surface area contributed by atoms with E-state index in [1.54, 1.807) is 0 Å². The lowest BCUT2D eigenvalue weighted by Gasteiger charge is -2.21. The Hall–Kier alpha value is -1.46. The molecule has 0 saturated heterocycles. The van der Waals surface area contributed by atoms with E-state index in [2.05, 4.69) is 10.6 Å². The Balaban J connectivity index is 2.27. The van der Waals surface area contributed by atoms with Crippen molar-refractivity contribution in [3.63, 3.8) is 0 Å². The van der Waals surface area contributed by atoms with Crippen molar-refractivity contribution in [3.05, 3.63) is 0 Å². The van der Waals surface area contributed by atoms with Crippen molar-refractivity contribution in [3.8, 4) is 0 Å². The van der Waals surface area contributed by atoms with E-state index in [0.29, 0.717) is 13.2 Å². The first-order valence-corrected chi connectivity index (χ1v) is 8.04. The number of carbonyl (C=O) groups is 2. The van der Waals surface area contributed by atoms with Gasteiger partial charge in [-0.2, -0.15) is 0 Å². The van der Waals surface area contributed by atoms with E-state index < -0.39 is 12.2 Å². The van der Waals surface area contributed by atoms with Gasteiger partial charge in [-0.15, -0.1) is 0 Å². The Morgan fingerprint density at radius 2 is 1.33 bits per heavy atom. The van der Waals surface area contributed by atoms with Gasteiger partial charge in [-0.1, -0.05) is 26.7 Å². The minimum atomic E-state index is -0.401. The first-order chi connectivity index (χ1) is 10.2. The highest BCUT2D eigenvalue weighted by Gasteiger charge is 2.30. The van der Waals surface area contributed by atoms with Crippen LogP contribution in [0.1, 0.15) is 58.8 Å². The van der Waals surface area contributed by atoms with Crippen LogP contribution in [0.4, 0.5) is 9.59 Å². The van der Waals surface area contributed by atoms with Crippen molar-refractivity contribution in [2.45, 2.75) is 70.9 Å². The maximum Gasteiger partial charge on any atom is 0.407 e. The zero-order valence-corrected chi connectivity index (χ0v) is 13.2. The molecule has 1 aliphatic carbocycles. The fraction of sp³-hybridized carbons (Fsp3) is 0.867. The Morgan fingerprint density at radius 1 is 0.905 bits per heavy atom. The number of nitrogens with one attached hydrogen (secondary N) is 2. The van der Waals surface area contributed by atoms with E-state index in [-0.39, 0.29) is 12.1 Å². The molecular formula is C15H28N2O4. The number of hydrogen-bond donors (Lipinski definition) is 2. The molecule has 2 atom stereocenters. The fourth-order valence-electron chi connectivity index (χ4n) is 2.31. The molecule has 1 aliphatic rings. The molecule has 1 rings (SSSR count). The summed E-state index contributed by atoms with van der Waals surface area (Å²) in [4.78, 5) is 23.3. The second kappa shape index (κ2) is 10.3. The summed E-state index contributed by atoms with van der Waals surface area (Å²) in [7, 11) is 0. The quantitative estimate of drug-likeness (QED) is 0.676. The van der Waals surface area contributed by atoms with Crippen LogP contribution in [0.3, 0.4) is 0 Å². The van der Waals surface area contributed by atoms with Gasteiger partial charge in [-0.25, -0.2) is 9.59 Å². The van der Waals surface area contributed by atoms with Gasteiger partial charge in [0.05, 0.1) is 25.3 Å². The first-order valence-electron chi connectivity index (χ1n) is 8.04. The monoisotopic (exact) mass is 300 g/mol. The van der Waals surface area contributed by atoms with Crippen LogP contribution in [0.15, 0.2) is 0 Å². The molecule has 0 aromatic carbocycles. The van der Waals surface area contributed by atoms with E-state index >= 15 is 0 Å². The highest BCUT2D eigenvalue weighted by molar-refractivity contribution is 5.69. The van der Waals surface area contributed by atoms with E-state index in [1.165, 1.54) is 0 Å². The van der Waals surface area contributed by atoms with Crippen LogP contribution >= 0.6 is 0 Å². The largest absolute Gasteiger partial charge is 0.450 e. The van der Waals surface area contributed by atoms with Crippen LogP contribution in [-0.4, -0.2) is 37.5 Å². The van der Waals surface area contributed by atoms with Crippen LogP contribution in [0.25, 0.3) is 0 Å². The third-order valence-electron chi connectivity index (χ3n) is 3.58. The number of ether oxygens (including phenoxy) is 2. The van der Waals surface area contributed by atoms with Crippen LogP contribution < -0.4 is 10.6 Å². The van der Waals surface area contributed by atoms with Gasteiger partial charge in [0.1, 0.15) is 0 Å². The predicted molar refractivity (Wildman–Crippen MR) is 80.2 cm³/mol. The number of amides is 2. The van der Waals surface area contributed by atoms with Gasteiger partial charge < -0.3 is 20.1 Å². The zero-order chi connectivity index (χ0) is 15.5. The molecule has 0 unspecified atom stereocenters. The second-order valence-electron chi connectivity index (χ2n) is 5.41. The molecule has 122 valence electrons. The number of hydrogen-bond acceptors (Lipinski definition) is 4. The standard InChI is InChI=1S/C15H28N2O4/c1-3-5-10-20-14(18)16-12-8-7-9-13(12)17-15(19)21-11-6-4-2/h12-13H,3-11H2,1-2H3,(H,16,18)(H,17,19)/t12-,13+. The molecule has 0 aromatic rings. The van der Waals surface area contributed by atoms with E-state index in [9.17, 15) is 9.59 Å². The summed E-state index contributed by atoms with van der Waals surface area (Å²) < 4.78 is 10.2. The molecule has 2 amide bonds. The SMILES string of the molecule is CCCCOC(=O)N[C@H]1CCC[C@H]1NC(=O)OCCCC. The lowest BCUT2D eigenvalue weighted by molar-refractivity contribution is 0.131. The highest BCUT2D eigenvalue weighted by Crippen LogP contribution is 2.19. The molecule has 0 aliphatic heterocycles. The third kappa shape index (κ3) is 7.20. The minimum Gasteiger partial charge on any atom is -0.450 e. The normalized spacial score (nSPS) is 20.9. The molecule has 0 radical (unpaired) electrons. The molecule has 0 aromatic heterocycles. The third-order valence-corrected chi connectivity index (χ3v) is 3.58. The van der Waals surface area contributed by atoms with Crippen molar-refractivity contribution < 1.29 is 19.1 Å². The van der Waals surface area contributed by atoms with E-state index in [4.69, 9.17) is 9.47 Å². The van der Waals surface area contributed by atoms with Crippen LogP contribution in [0.2, 0.25) is 0 Å². The summed E-state index contributed by atoms with van der Waals surface area (Å²) in [5.74, 6) is 0. The number of alkyl carbamates (subject to hydrolysis) is 2. The Morgan fingerprint density at radius 3 is 1.71 bits per heavy atom. The summed E-state index contributed by atoms with van der Waals surface area (Å²) in [5.41, 5.74) is 0. The van der Waals surface area contributed by atoms with Gasteiger partial charge in [0.15, 0.2) is 0 Å². The topological polar surface area (TPSA) is 76.7 Å². The molecule has 6 heteroatoms. The molecular weight excluding hydrogens is 272 g/mol. The second-order valence-corrected chi connectivity index (χ2v) is 5.41. The average Bonchev–Trinajstić information content (AvgIpc) is 2.86. The highest BCUT2D eigenvalue weighted by atomic mass is 16.6. The molecule has 0 bridgehead atoms. The summed E-state index contributed by atoms with van der Waals surface area (Å²) in [5, 5.41) is 5.66. The predicted octanol–water partition coefficient (Wildman–Crippen LogP) is 2.96. The lowest BCUT2D eigenvalue weighted by Crippen LogP contribution is -2.48. The Bertz CT molecular complexity index is 293. The zero-order valence-electron chi connectivity index (χ0n) is 13.2. The maximum atomic E-state index is 11.6. The van der Waals surface area contributed by atoms with E-state index in [0.717, 1.165) is 44.9 Å². The smallest absolute Gasteiger partial charge is 0.407 e. The molecule has 21 heavy (non-hydrogen) atoms. The maximum absolute atomic E-state index is 11.6. The fourth-order valence-corrected chi connectivity index (χ4v) is 2.31. The van der Waals surface area contributed by atoms with Crippen LogP contribution in [-0.2, 0) is 9.47 Å². The van der Waals surface area contributed by atoms with Gasteiger partial charge >= 0.3 is 12.2 Å². The number of unbranched alkanes of at least 4 members (excludes halogenated alkanes) is 2.